The summed E-state index contributed by atoms with van der Waals surface area (Å²) in [5.74, 6) is 2.40. The van der Waals surface area contributed by atoms with Gasteiger partial charge in [-0.15, -0.1) is 0 Å². The number of hydrogen-bond acceptors (Lipinski definition) is 1. The number of fused-ring (bicyclic) bond motifs is 4. The summed E-state index contributed by atoms with van der Waals surface area (Å²) in [5, 5.41) is 5.61. The number of hydrogen-bond donors (Lipinski definition) is 0. The van der Waals surface area contributed by atoms with Gasteiger partial charge in [0.15, 0.2) is 0 Å². The van der Waals surface area contributed by atoms with Gasteiger partial charge in [-0.3, -0.25) is 0 Å². The SMILES string of the molecule is CC1(C)[N-]C2C(c3cccc(-c4ccccc4)c3)=CC=C[C@H]2N1[Si](C)(C)C1C2C=CC=CC2C2C=CC=CC21.[CH3-].[Cl][Ti][Cl]. The van der Waals surface area contributed by atoms with Crippen LogP contribution in [0.1, 0.15) is 19.4 Å². The van der Waals surface area contributed by atoms with E-state index < -0.39 is 25.3 Å². The van der Waals surface area contributed by atoms with Crippen LogP contribution in [0.2, 0.25) is 18.6 Å². The van der Waals surface area contributed by atoms with Crippen molar-refractivity contribution >= 4 is 32.4 Å². The van der Waals surface area contributed by atoms with E-state index in [4.69, 9.17) is 23.9 Å². The van der Waals surface area contributed by atoms with Crippen molar-refractivity contribution in [3.8, 4) is 11.1 Å². The van der Waals surface area contributed by atoms with E-state index >= 15 is 0 Å². The first kappa shape index (κ1) is 32.7. The van der Waals surface area contributed by atoms with Gasteiger partial charge in [0.25, 0.3) is 0 Å². The first-order chi connectivity index (χ1) is 20.3. The van der Waals surface area contributed by atoms with E-state index in [2.05, 4.69) is 153 Å². The molecule has 1 heterocycles. The van der Waals surface area contributed by atoms with Gasteiger partial charge < -0.3 is 17.3 Å². The van der Waals surface area contributed by atoms with E-state index in [0.29, 0.717) is 35.3 Å². The zero-order chi connectivity index (χ0) is 29.5. The Morgan fingerprint density at radius 3 is 1.86 bits per heavy atom. The van der Waals surface area contributed by atoms with Crippen LogP contribution in [0.4, 0.5) is 0 Å². The van der Waals surface area contributed by atoms with E-state index in [-0.39, 0.29) is 19.1 Å². The molecule has 4 aliphatic carbocycles. The van der Waals surface area contributed by atoms with Crippen LogP contribution in [-0.2, 0) is 17.0 Å². The third-order valence-electron chi connectivity index (χ3n) is 10.0. The molecule has 2 aromatic rings. The van der Waals surface area contributed by atoms with Crippen LogP contribution in [-0.4, -0.2) is 30.5 Å². The fraction of sp³-hybridized carbons (Fsp3) is 0.324. The Hall–Kier alpha value is -1.69. The first-order valence-corrected chi connectivity index (χ1v) is 22.3. The minimum absolute atomic E-state index is 0. The second-order valence-electron chi connectivity index (χ2n) is 13.0. The summed E-state index contributed by atoms with van der Waals surface area (Å²) in [7, 11) is 7.78. The molecule has 2 nitrogen and oxygen atoms in total. The molecule has 2 fully saturated rings. The maximum absolute atomic E-state index is 5.61. The number of rotatable bonds is 4. The molecule has 6 heteroatoms. The van der Waals surface area contributed by atoms with Crippen molar-refractivity contribution in [1.82, 2.24) is 4.57 Å². The Morgan fingerprint density at radius 1 is 0.721 bits per heavy atom. The molecule has 0 bridgehead atoms. The van der Waals surface area contributed by atoms with Crippen LogP contribution in [0, 0.1) is 31.1 Å². The monoisotopic (exact) mass is 660 g/mol. The second-order valence-corrected chi connectivity index (χ2v) is 20.0. The van der Waals surface area contributed by atoms with E-state index in [0.717, 1.165) is 0 Å². The molecule has 0 amide bonds. The molecule has 0 N–H and O–H groups in total. The molecule has 1 aliphatic heterocycles. The van der Waals surface area contributed by atoms with Gasteiger partial charge in [-0.1, -0.05) is 160 Å². The van der Waals surface area contributed by atoms with Crippen molar-refractivity contribution in [3.63, 3.8) is 0 Å². The van der Waals surface area contributed by atoms with Crippen molar-refractivity contribution in [2.75, 3.05) is 0 Å². The quantitative estimate of drug-likeness (QED) is 0.236. The fourth-order valence-electron chi connectivity index (χ4n) is 8.80. The summed E-state index contributed by atoms with van der Waals surface area (Å²) in [6, 6.07) is 20.2. The van der Waals surface area contributed by atoms with Crippen LogP contribution in [0.15, 0.2) is 121 Å². The number of benzene rings is 2. The van der Waals surface area contributed by atoms with Crippen molar-refractivity contribution in [2.45, 2.75) is 50.2 Å². The fourth-order valence-corrected chi connectivity index (χ4v) is 14.1. The molecule has 0 aromatic heterocycles. The summed E-state index contributed by atoms with van der Waals surface area (Å²) in [6.45, 7) is 10.00. The molecule has 224 valence electrons. The topological polar surface area (TPSA) is 17.3 Å². The third-order valence-corrected chi connectivity index (χ3v) is 14.5. The minimum atomic E-state index is -2.00. The average molecular weight is 662 g/mol. The van der Waals surface area contributed by atoms with E-state index in [1.54, 1.807) is 0 Å². The van der Waals surface area contributed by atoms with Crippen LogP contribution in [0.3, 0.4) is 0 Å². The van der Waals surface area contributed by atoms with Gasteiger partial charge in [-0.25, -0.2) is 0 Å². The molecule has 5 aliphatic rings. The standard InChI is InChI=1S/C36H39N2Si.CH3.2ClH.Ti/c1-36(2)37-34-28(27-17-12-16-26(24-27)25-14-6-5-7-15-25)22-13-23-33(34)38(36)39(3,4)35-31-20-10-8-18-29(31)30-19-9-11-21-32(30)35;;;;/h5-24,29-35H,1-4H3;1H3;2*1H;/q2*-1;;;+2/p-2/t29?,30?,31?,32?,33-,34?,35?;;;;/m1..../s1. The molecule has 1 saturated carbocycles. The van der Waals surface area contributed by atoms with E-state index in [9.17, 15) is 0 Å². The predicted molar refractivity (Wildman–Crippen MR) is 186 cm³/mol. The van der Waals surface area contributed by atoms with E-state index in [1.807, 2.05) is 0 Å². The zero-order valence-electron chi connectivity index (χ0n) is 25.7. The van der Waals surface area contributed by atoms with Crippen LogP contribution in [0.25, 0.3) is 22.0 Å². The van der Waals surface area contributed by atoms with Gasteiger partial charge in [0.2, 0.25) is 0 Å². The Labute approximate surface area is 277 Å². The van der Waals surface area contributed by atoms with Crippen LogP contribution in [0.5, 0.6) is 0 Å². The molecular weight excluding hydrogens is 619 g/mol. The molecule has 0 radical (unpaired) electrons. The van der Waals surface area contributed by atoms with Gasteiger partial charge in [0.05, 0.1) is 0 Å². The van der Waals surface area contributed by atoms with Crippen molar-refractivity contribution in [3.05, 3.63) is 140 Å². The molecule has 0 spiro atoms. The normalized spacial score (nSPS) is 31.2. The molecule has 43 heavy (non-hydrogen) atoms. The third kappa shape index (κ3) is 6.00. The summed E-state index contributed by atoms with van der Waals surface area (Å²) in [5.41, 5.74) is 5.60. The number of halogens is 2. The number of nitrogens with zero attached hydrogens (tertiary/aromatic N) is 2. The molecule has 7 rings (SSSR count). The van der Waals surface area contributed by atoms with Gasteiger partial charge >= 0.3 is 35.6 Å². The van der Waals surface area contributed by atoms with E-state index in [1.165, 1.54) is 22.3 Å². The Bertz CT molecular complexity index is 1440. The van der Waals surface area contributed by atoms with Crippen molar-refractivity contribution in [1.29, 1.82) is 0 Å². The predicted octanol–water partition coefficient (Wildman–Crippen LogP) is 10.6. The number of allylic oxidation sites excluding steroid dienone is 10. The first-order valence-electron chi connectivity index (χ1n) is 15.0. The Balaban J connectivity index is 0.000000885. The van der Waals surface area contributed by atoms with Gasteiger partial charge in [-0.05, 0) is 52.0 Å². The summed E-state index contributed by atoms with van der Waals surface area (Å²) >= 11 is -0.556. The van der Waals surface area contributed by atoms with Gasteiger partial charge in [-0.2, -0.15) is 0 Å². The summed E-state index contributed by atoms with van der Waals surface area (Å²) < 4.78 is 2.90. The summed E-state index contributed by atoms with van der Waals surface area (Å²) in [4.78, 5) is 0. The maximum atomic E-state index is 5.61. The summed E-state index contributed by atoms with van der Waals surface area (Å²) in [6.07, 6.45) is 26.2. The Kier molecular flexibility index (Phi) is 10.2. The van der Waals surface area contributed by atoms with Crippen LogP contribution >= 0.6 is 18.6 Å². The second kappa shape index (κ2) is 13.3. The molecule has 6 atom stereocenters. The zero-order valence-corrected chi connectivity index (χ0v) is 29.8. The molecular formula is C37H42Cl2N2SiTi-2. The Morgan fingerprint density at radius 2 is 1.26 bits per heavy atom. The van der Waals surface area contributed by atoms with Crippen LogP contribution < -0.4 is 0 Å². The molecule has 1 saturated heterocycles. The van der Waals surface area contributed by atoms with Crippen molar-refractivity contribution < 1.29 is 17.0 Å². The average Bonchev–Trinajstić information content (AvgIpc) is 3.49. The molecule has 5 unspecified atom stereocenters. The van der Waals surface area contributed by atoms with Crippen molar-refractivity contribution in [2.24, 2.45) is 23.7 Å². The van der Waals surface area contributed by atoms with Gasteiger partial charge in [0, 0.05) is 6.04 Å². The molecule has 2 aromatic carbocycles. The van der Waals surface area contributed by atoms with Gasteiger partial charge in [0.1, 0.15) is 8.24 Å².